The maximum Gasteiger partial charge on any atom is 0.251 e. The van der Waals surface area contributed by atoms with Crippen LogP contribution in [0.25, 0.3) is 0 Å². The highest BCUT2D eigenvalue weighted by Crippen LogP contribution is 2.28. The molecule has 0 aromatic heterocycles. The van der Waals surface area contributed by atoms with E-state index >= 15 is 0 Å². The van der Waals surface area contributed by atoms with E-state index in [4.69, 9.17) is 0 Å². The van der Waals surface area contributed by atoms with Gasteiger partial charge in [0.2, 0.25) is 11.8 Å². The average molecular weight is 389 g/mol. The summed E-state index contributed by atoms with van der Waals surface area (Å²) >= 11 is 0. The van der Waals surface area contributed by atoms with Crippen LogP contribution >= 0.6 is 0 Å². The predicted octanol–water partition coefficient (Wildman–Crippen LogP) is 1.38. The molecule has 1 aliphatic rings. The van der Waals surface area contributed by atoms with Crippen LogP contribution in [0.15, 0.2) is 24.3 Å². The molecule has 154 valence electrons. The first kappa shape index (κ1) is 21.9. The number of carbonyl (C=O) groups is 3. The lowest BCUT2D eigenvalue weighted by molar-refractivity contribution is -0.136. The number of carbonyl (C=O) groups excluding carboxylic acids is 3. The number of nitrogens with one attached hydrogen (secondary N) is 2. The fourth-order valence-corrected chi connectivity index (χ4v) is 2.95. The molecule has 2 rings (SSSR count). The number of likely N-dealkylation sites (N-methyl/N-ethyl adjacent to an activating group) is 1. The molecule has 7 heteroatoms. The smallest absolute Gasteiger partial charge is 0.251 e. The second-order valence-corrected chi connectivity index (χ2v) is 8.46. The van der Waals surface area contributed by atoms with E-state index in [9.17, 15) is 14.4 Å². The maximum absolute atomic E-state index is 12.6. The Balaban J connectivity index is 1.92. The average Bonchev–Trinajstić information content (AvgIpc) is 3.44. The van der Waals surface area contributed by atoms with E-state index in [1.807, 2.05) is 32.9 Å². The molecule has 0 radical (unpaired) electrons. The van der Waals surface area contributed by atoms with Crippen molar-refractivity contribution in [2.75, 3.05) is 27.2 Å². The van der Waals surface area contributed by atoms with Crippen LogP contribution in [0.2, 0.25) is 0 Å². The number of benzene rings is 1. The Bertz CT molecular complexity index is 705. The Morgan fingerprint density at radius 1 is 1.07 bits per heavy atom. The number of nitrogens with zero attached hydrogens (tertiary/aromatic N) is 2. The van der Waals surface area contributed by atoms with Gasteiger partial charge in [0.1, 0.15) is 0 Å². The first-order valence-electron chi connectivity index (χ1n) is 9.69. The molecule has 0 spiro atoms. The Labute approximate surface area is 167 Å². The van der Waals surface area contributed by atoms with Crippen molar-refractivity contribution in [1.29, 1.82) is 0 Å². The van der Waals surface area contributed by atoms with Crippen LogP contribution in [0.4, 0.5) is 0 Å². The molecule has 0 bridgehead atoms. The maximum atomic E-state index is 12.6. The van der Waals surface area contributed by atoms with Crippen LogP contribution in [-0.2, 0) is 16.1 Å². The van der Waals surface area contributed by atoms with Crippen LogP contribution in [0.5, 0.6) is 0 Å². The summed E-state index contributed by atoms with van der Waals surface area (Å²) in [6.45, 7) is 6.72. The van der Waals surface area contributed by atoms with E-state index in [1.54, 1.807) is 26.2 Å². The molecular weight excluding hydrogens is 356 g/mol. The zero-order chi connectivity index (χ0) is 20.9. The van der Waals surface area contributed by atoms with Gasteiger partial charge < -0.3 is 15.5 Å². The lowest BCUT2D eigenvalue weighted by atomic mass is 10.1. The molecule has 1 fully saturated rings. The third kappa shape index (κ3) is 6.96. The van der Waals surface area contributed by atoms with Crippen molar-refractivity contribution in [3.05, 3.63) is 35.4 Å². The van der Waals surface area contributed by atoms with Crippen LogP contribution < -0.4 is 10.6 Å². The fourth-order valence-electron chi connectivity index (χ4n) is 2.95. The molecule has 28 heavy (non-hydrogen) atoms. The summed E-state index contributed by atoms with van der Waals surface area (Å²) in [7, 11) is 3.27. The van der Waals surface area contributed by atoms with Crippen LogP contribution in [0.1, 0.15) is 49.5 Å². The van der Waals surface area contributed by atoms with Crippen LogP contribution in [0, 0.1) is 0 Å². The van der Waals surface area contributed by atoms with Gasteiger partial charge in [-0.3, -0.25) is 19.3 Å². The van der Waals surface area contributed by atoms with E-state index < -0.39 is 0 Å². The predicted molar refractivity (Wildman–Crippen MR) is 109 cm³/mol. The molecule has 0 aliphatic heterocycles. The summed E-state index contributed by atoms with van der Waals surface area (Å²) in [6, 6.07) is 7.84. The molecule has 7 nitrogen and oxygen atoms in total. The SMILES string of the molecule is CNC(=O)c1ccc(CN(CC(=O)N(C)CC(=O)NC(C)(C)C)C2CC2)cc1. The highest BCUT2D eigenvalue weighted by atomic mass is 16.2. The second-order valence-electron chi connectivity index (χ2n) is 8.46. The molecule has 2 N–H and O–H groups in total. The van der Waals surface area contributed by atoms with Gasteiger partial charge in [0.15, 0.2) is 0 Å². The lowest BCUT2D eigenvalue weighted by Gasteiger charge is -2.26. The van der Waals surface area contributed by atoms with E-state index in [1.165, 1.54) is 4.90 Å². The number of amides is 3. The summed E-state index contributed by atoms with van der Waals surface area (Å²) in [6.07, 6.45) is 2.16. The van der Waals surface area contributed by atoms with E-state index in [-0.39, 0.29) is 36.3 Å². The quantitative estimate of drug-likeness (QED) is 0.705. The lowest BCUT2D eigenvalue weighted by Crippen LogP contribution is -2.48. The first-order chi connectivity index (χ1) is 13.1. The van der Waals surface area contributed by atoms with Crippen molar-refractivity contribution in [2.45, 2.75) is 51.7 Å². The minimum Gasteiger partial charge on any atom is -0.355 e. The minimum atomic E-state index is -0.318. The third-order valence-corrected chi connectivity index (χ3v) is 4.55. The number of rotatable bonds is 8. The fraction of sp³-hybridized carbons (Fsp3) is 0.571. The topological polar surface area (TPSA) is 81.8 Å². The van der Waals surface area contributed by atoms with Crippen molar-refractivity contribution in [1.82, 2.24) is 20.4 Å². The Kier molecular flexibility index (Phi) is 7.18. The molecule has 1 saturated carbocycles. The number of hydrogen-bond acceptors (Lipinski definition) is 4. The van der Waals surface area contributed by atoms with Gasteiger partial charge in [-0.15, -0.1) is 0 Å². The Hall–Kier alpha value is -2.41. The summed E-state index contributed by atoms with van der Waals surface area (Å²) in [4.78, 5) is 39.9. The first-order valence-corrected chi connectivity index (χ1v) is 9.69. The van der Waals surface area contributed by atoms with Crippen LogP contribution in [-0.4, -0.2) is 66.3 Å². The summed E-state index contributed by atoms with van der Waals surface area (Å²) in [5.74, 6) is -0.347. The monoisotopic (exact) mass is 388 g/mol. The van der Waals surface area contributed by atoms with Gasteiger partial charge in [-0.1, -0.05) is 12.1 Å². The van der Waals surface area contributed by atoms with Gasteiger partial charge >= 0.3 is 0 Å². The summed E-state index contributed by atoms with van der Waals surface area (Å²) in [5, 5.41) is 5.48. The van der Waals surface area contributed by atoms with Crippen molar-refractivity contribution >= 4 is 17.7 Å². The van der Waals surface area contributed by atoms with Crippen molar-refractivity contribution < 1.29 is 14.4 Å². The number of hydrogen-bond donors (Lipinski definition) is 2. The molecule has 0 heterocycles. The molecular formula is C21H32N4O3. The van der Waals surface area contributed by atoms with E-state index in [0.717, 1.165) is 18.4 Å². The van der Waals surface area contributed by atoms with Crippen LogP contribution in [0.3, 0.4) is 0 Å². The Morgan fingerprint density at radius 3 is 2.18 bits per heavy atom. The second kappa shape index (κ2) is 9.19. The highest BCUT2D eigenvalue weighted by Gasteiger charge is 2.31. The molecule has 0 unspecified atom stereocenters. The molecule has 1 aromatic rings. The Morgan fingerprint density at radius 2 is 1.68 bits per heavy atom. The van der Waals surface area contributed by atoms with Crippen molar-refractivity contribution in [2.24, 2.45) is 0 Å². The zero-order valence-corrected chi connectivity index (χ0v) is 17.5. The summed E-state index contributed by atoms with van der Waals surface area (Å²) in [5.41, 5.74) is 1.35. The highest BCUT2D eigenvalue weighted by molar-refractivity contribution is 5.93. The third-order valence-electron chi connectivity index (χ3n) is 4.55. The van der Waals surface area contributed by atoms with Gasteiger partial charge in [0, 0.05) is 37.8 Å². The molecule has 3 amide bonds. The van der Waals surface area contributed by atoms with E-state index in [0.29, 0.717) is 18.2 Å². The van der Waals surface area contributed by atoms with Crippen molar-refractivity contribution in [3.63, 3.8) is 0 Å². The molecule has 1 aromatic carbocycles. The zero-order valence-electron chi connectivity index (χ0n) is 17.5. The molecule has 0 atom stereocenters. The van der Waals surface area contributed by atoms with Gasteiger partial charge in [-0.25, -0.2) is 0 Å². The minimum absolute atomic E-state index is 0.0510. The standard InChI is InChI=1S/C21H32N4O3/c1-21(2,3)23-18(26)13-24(5)19(27)14-25(17-10-11-17)12-15-6-8-16(9-7-15)20(28)22-4/h6-9,17H,10-14H2,1-5H3,(H,22,28)(H,23,26). The molecule has 1 aliphatic carbocycles. The molecule has 0 saturated heterocycles. The van der Waals surface area contributed by atoms with E-state index in [2.05, 4.69) is 15.5 Å². The van der Waals surface area contributed by atoms with Gasteiger partial charge in [0.25, 0.3) is 5.91 Å². The van der Waals surface area contributed by atoms with Crippen molar-refractivity contribution in [3.8, 4) is 0 Å². The van der Waals surface area contributed by atoms with Gasteiger partial charge in [0.05, 0.1) is 13.1 Å². The van der Waals surface area contributed by atoms with Gasteiger partial charge in [-0.2, -0.15) is 0 Å². The normalized spacial score (nSPS) is 13.9. The van der Waals surface area contributed by atoms with Gasteiger partial charge in [-0.05, 0) is 51.3 Å². The summed E-state index contributed by atoms with van der Waals surface area (Å²) < 4.78 is 0. The largest absolute Gasteiger partial charge is 0.355 e.